The minimum absolute atomic E-state index is 0.0410. The number of hydrogen-bond acceptors (Lipinski definition) is 2. The minimum atomic E-state index is -0.398. The van der Waals surface area contributed by atoms with Crippen molar-refractivity contribution in [1.82, 2.24) is 4.90 Å². The van der Waals surface area contributed by atoms with Crippen LogP contribution in [0.2, 0.25) is 0 Å². The first-order valence-corrected chi connectivity index (χ1v) is 6.25. The first-order chi connectivity index (χ1) is 8.01. The highest BCUT2D eigenvalue weighted by molar-refractivity contribution is 5.35. The molecule has 96 valence electrons. The molecule has 2 atom stereocenters. The summed E-state index contributed by atoms with van der Waals surface area (Å²) in [5.74, 6) is -0.357. The molecule has 1 N–H and O–H groups in total. The summed E-state index contributed by atoms with van der Waals surface area (Å²) >= 11 is 0. The van der Waals surface area contributed by atoms with E-state index in [-0.39, 0.29) is 11.8 Å². The van der Waals surface area contributed by atoms with Crippen LogP contribution in [0.25, 0.3) is 0 Å². The van der Waals surface area contributed by atoms with Crippen LogP contribution in [-0.4, -0.2) is 22.6 Å². The summed E-state index contributed by atoms with van der Waals surface area (Å²) in [4.78, 5) is 2.30. The number of phenols is 1. The SMILES string of the molecule is CCC(C)N(CC)C(C)c1ccc(F)cc1O. The number of halogens is 1. The van der Waals surface area contributed by atoms with E-state index in [1.165, 1.54) is 12.1 Å². The summed E-state index contributed by atoms with van der Waals surface area (Å²) < 4.78 is 12.9. The van der Waals surface area contributed by atoms with Gasteiger partial charge in [0.15, 0.2) is 0 Å². The van der Waals surface area contributed by atoms with Crippen molar-refractivity contribution < 1.29 is 9.50 Å². The fraction of sp³-hybridized carbons (Fsp3) is 0.571. The molecule has 0 bridgehead atoms. The van der Waals surface area contributed by atoms with Gasteiger partial charge in [0, 0.05) is 23.7 Å². The van der Waals surface area contributed by atoms with Gasteiger partial charge >= 0.3 is 0 Å². The van der Waals surface area contributed by atoms with Crippen molar-refractivity contribution in [1.29, 1.82) is 0 Å². The zero-order valence-electron chi connectivity index (χ0n) is 11.1. The maximum absolute atomic E-state index is 12.9. The van der Waals surface area contributed by atoms with Crippen LogP contribution >= 0.6 is 0 Å². The third-order valence-electron chi connectivity index (χ3n) is 3.46. The van der Waals surface area contributed by atoms with Gasteiger partial charge in [0.2, 0.25) is 0 Å². The van der Waals surface area contributed by atoms with Gasteiger partial charge in [0.1, 0.15) is 11.6 Å². The molecule has 0 heterocycles. The molecule has 0 amide bonds. The molecular formula is C14H22FNO. The molecule has 0 aliphatic heterocycles. The topological polar surface area (TPSA) is 23.5 Å². The predicted molar refractivity (Wildman–Crippen MR) is 68.6 cm³/mol. The van der Waals surface area contributed by atoms with E-state index in [9.17, 15) is 9.50 Å². The van der Waals surface area contributed by atoms with Gasteiger partial charge in [-0.2, -0.15) is 0 Å². The van der Waals surface area contributed by atoms with Gasteiger partial charge in [0.25, 0.3) is 0 Å². The molecule has 1 aromatic rings. The normalized spacial score (nSPS) is 14.9. The lowest BCUT2D eigenvalue weighted by Gasteiger charge is -2.33. The summed E-state index contributed by atoms with van der Waals surface area (Å²) in [6, 6.07) is 4.78. The fourth-order valence-electron chi connectivity index (χ4n) is 2.25. The average Bonchev–Trinajstić information content (AvgIpc) is 2.29. The van der Waals surface area contributed by atoms with Gasteiger partial charge in [-0.25, -0.2) is 4.39 Å². The second-order valence-corrected chi connectivity index (χ2v) is 4.47. The maximum atomic E-state index is 12.9. The van der Waals surface area contributed by atoms with Crippen LogP contribution in [0.5, 0.6) is 5.75 Å². The van der Waals surface area contributed by atoms with Gasteiger partial charge in [-0.05, 0) is 32.9 Å². The van der Waals surface area contributed by atoms with E-state index in [0.29, 0.717) is 6.04 Å². The summed E-state index contributed by atoms with van der Waals surface area (Å²) in [6.07, 6.45) is 1.06. The molecule has 2 unspecified atom stereocenters. The average molecular weight is 239 g/mol. The van der Waals surface area contributed by atoms with Crippen molar-refractivity contribution in [2.45, 2.75) is 46.2 Å². The Morgan fingerprint density at radius 2 is 1.94 bits per heavy atom. The highest BCUT2D eigenvalue weighted by atomic mass is 19.1. The second-order valence-electron chi connectivity index (χ2n) is 4.47. The number of nitrogens with zero attached hydrogens (tertiary/aromatic N) is 1. The quantitative estimate of drug-likeness (QED) is 0.846. The van der Waals surface area contributed by atoms with Crippen molar-refractivity contribution in [3.05, 3.63) is 29.6 Å². The Morgan fingerprint density at radius 3 is 2.41 bits per heavy atom. The highest BCUT2D eigenvalue weighted by Crippen LogP contribution is 2.30. The number of benzene rings is 1. The number of aromatic hydroxyl groups is 1. The third kappa shape index (κ3) is 3.19. The Hall–Kier alpha value is -1.09. The van der Waals surface area contributed by atoms with E-state index in [1.54, 1.807) is 6.07 Å². The van der Waals surface area contributed by atoms with Crippen LogP contribution in [0.1, 0.15) is 45.7 Å². The predicted octanol–water partition coefficient (Wildman–Crippen LogP) is 3.71. The second kappa shape index (κ2) is 6.01. The van der Waals surface area contributed by atoms with E-state index >= 15 is 0 Å². The minimum Gasteiger partial charge on any atom is -0.508 e. The highest BCUT2D eigenvalue weighted by Gasteiger charge is 2.21. The fourth-order valence-corrected chi connectivity index (χ4v) is 2.25. The molecule has 1 aromatic carbocycles. The van der Waals surface area contributed by atoms with Crippen molar-refractivity contribution >= 4 is 0 Å². The van der Waals surface area contributed by atoms with Crippen LogP contribution in [0.4, 0.5) is 4.39 Å². The Balaban J connectivity index is 2.97. The first kappa shape index (κ1) is 14.0. The summed E-state index contributed by atoms with van der Waals surface area (Å²) in [5.41, 5.74) is 0.786. The van der Waals surface area contributed by atoms with Crippen molar-refractivity contribution in [2.24, 2.45) is 0 Å². The van der Waals surface area contributed by atoms with Crippen molar-refractivity contribution in [2.75, 3.05) is 6.54 Å². The lowest BCUT2D eigenvalue weighted by molar-refractivity contribution is 0.157. The number of hydrogen-bond donors (Lipinski definition) is 1. The van der Waals surface area contributed by atoms with Crippen LogP contribution in [0.15, 0.2) is 18.2 Å². The van der Waals surface area contributed by atoms with E-state index in [1.807, 2.05) is 6.92 Å². The smallest absolute Gasteiger partial charge is 0.126 e. The van der Waals surface area contributed by atoms with Crippen LogP contribution in [0.3, 0.4) is 0 Å². The molecule has 0 aromatic heterocycles. The molecule has 0 spiro atoms. The zero-order chi connectivity index (χ0) is 13.0. The van der Waals surface area contributed by atoms with Gasteiger partial charge in [-0.1, -0.05) is 19.9 Å². The van der Waals surface area contributed by atoms with E-state index in [4.69, 9.17) is 0 Å². The van der Waals surface area contributed by atoms with E-state index in [0.717, 1.165) is 18.5 Å². The monoisotopic (exact) mass is 239 g/mol. The molecule has 2 nitrogen and oxygen atoms in total. The molecule has 0 fully saturated rings. The molecule has 17 heavy (non-hydrogen) atoms. The Kier molecular flexibility index (Phi) is 4.94. The van der Waals surface area contributed by atoms with Gasteiger partial charge in [-0.15, -0.1) is 0 Å². The summed E-state index contributed by atoms with van der Waals surface area (Å²) in [7, 11) is 0. The maximum Gasteiger partial charge on any atom is 0.126 e. The molecule has 0 saturated carbocycles. The van der Waals surface area contributed by atoms with Crippen LogP contribution < -0.4 is 0 Å². The molecule has 3 heteroatoms. The first-order valence-electron chi connectivity index (χ1n) is 6.25. The lowest BCUT2D eigenvalue weighted by atomic mass is 10.0. The Bertz CT molecular complexity index is 367. The Labute approximate surface area is 103 Å². The van der Waals surface area contributed by atoms with Crippen LogP contribution in [0, 0.1) is 5.82 Å². The molecule has 0 aliphatic rings. The Morgan fingerprint density at radius 1 is 1.29 bits per heavy atom. The third-order valence-corrected chi connectivity index (χ3v) is 3.46. The summed E-state index contributed by atoms with van der Waals surface area (Å²) in [6.45, 7) is 9.37. The lowest BCUT2D eigenvalue weighted by Crippen LogP contribution is -2.34. The molecule has 1 rings (SSSR count). The van der Waals surface area contributed by atoms with Crippen molar-refractivity contribution in [3.63, 3.8) is 0 Å². The van der Waals surface area contributed by atoms with E-state index in [2.05, 4.69) is 25.7 Å². The van der Waals surface area contributed by atoms with Crippen LogP contribution in [-0.2, 0) is 0 Å². The number of phenolic OH excluding ortho intramolecular Hbond substituents is 1. The molecular weight excluding hydrogens is 217 g/mol. The van der Waals surface area contributed by atoms with E-state index < -0.39 is 5.82 Å². The number of rotatable bonds is 5. The largest absolute Gasteiger partial charge is 0.508 e. The van der Waals surface area contributed by atoms with Gasteiger partial charge in [0.05, 0.1) is 0 Å². The molecule has 0 aliphatic carbocycles. The van der Waals surface area contributed by atoms with Crippen molar-refractivity contribution in [3.8, 4) is 5.75 Å². The van der Waals surface area contributed by atoms with Gasteiger partial charge < -0.3 is 5.11 Å². The standard InChI is InChI=1S/C14H22FNO/c1-5-10(3)16(6-2)11(4)13-8-7-12(15)9-14(13)17/h7-11,17H,5-6H2,1-4H3. The molecule has 0 radical (unpaired) electrons. The molecule has 0 saturated heterocycles. The van der Waals surface area contributed by atoms with Gasteiger partial charge in [-0.3, -0.25) is 4.90 Å². The zero-order valence-corrected chi connectivity index (χ0v) is 11.1. The summed E-state index contributed by atoms with van der Waals surface area (Å²) in [5, 5.41) is 9.79.